The molecule has 0 unspecified atom stereocenters. The molecule has 3 aliphatic rings. The van der Waals surface area contributed by atoms with Gasteiger partial charge in [-0.05, 0) is 43.2 Å². The fourth-order valence-electron chi connectivity index (χ4n) is 6.46. The van der Waals surface area contributed by atoms with Gasteiger partial charge in [0.05, 0.1) is 17.5 Å². The maximum atomic E-state index is 14.0. The van der Waals surface area contributed by atoms with Crippen LogP contribution in [0.3, 0.4) is 0 Å². The molecule has 1 spiro atoms. The first-order valence-corrected chi connectivity index (χ1v) is 12.2. The molecule has 4 atom stereocenters. The number of aromatic nitrogens is 1. The van der Waals surface area contributed by atoms with Gasteiger partial charge in [0.1, 0.15) is 5.54 Å². The van der Waals surface area contributed by atoms with Gasteiger partial charge in [-0.25, -0.2) is 4.90 Å². The molecule has 4 aromatic rings. The van der Waals surface area contributed by atoms with E-state index in [0.29, 0.717) is 17.8 Å². The lowest BCUT2D eigenvalue weighted by Gasteiger charge is -2.29. The SMILES string of the molecule is Cc1ccc2c(c1)[C@@]1(N[C@H](Cc3c[nH]c4ccccc34)[C@H]3C(=O)N(c4ccccc4)C(=O)[C@H]31)C(=O)N2. The number of benzene rings is 3. The molecule has 3 aliphatic heterocycles. The number of aryl methyl sites for hydroxylation is 1. The summed E-state index contributed by atoms with van der Waals surface area (Å²) < 4.78 is 0. The maximum Gasteiger partial charge on any atom is 0.250 e. The van der Waals surface area contributed by atoms with Gasteiger partial charge >= 0.3 is 0 Å². The second kappa shape index (κ2) is 7.38. The molecule has 2 fully saturated rings. The largest absolute Gasteiger partial charge is 0.361 e. The summed E-state index contributed by atoms with van der Waals surface area (Å²) in [4.78, 5) is 46.3. The summed E-state index contributed by atoms with van der Waals surface area (Å²) in [6, 6.07) is 22.4. The van der Waals surface area contributed by atoms with Gasteiger partial charge in [0, 0.05) is 34.4 Å². The topological polar surface area (TPSA) is 94.3 Å². The second-order valence-corrected chi connectivity index (χ2v) is 9.98. The lowest BCUT2D eigenvalue weighted by Crippen LogP contribution is -2.53. The van der Waals surface area contributed by atoms with E-state index < -0.39 is 23.4 Å². The maximum absolute atomic E-state index is 14.0. The van der Waals surface area contributed by atoms with E-state index in [1.807, 2.05) is 73.8 Å². The molecule has 3 amide bonds. The van der Waals surface area contributed by atoms with Crippen molar-refractivity contribution < 1.29 is 14.4 Å². The normalized spacial score (nSPS) is 26.6. The monoisotopic (exact) mass is 476 g/mol. The van der Waals surface area contributed by atoms with Gasteiger partial charge in [0.25, 0.3) is 0 Å². The number of fused-ring (bicyclic) bond motifs is 5. The van der Waals surface area contributed by atoms with Crippen LogP contribution in [0, 0.1) is 18.8 Å². The molecule has 0 bridgehead atoms. The number of hydrogen-bond acceptors (Lipinski definition) is 4. The van der Waals surface area contributed by atoms with Gasteiger partial charge in [-0.3, -0.25) is 19.7 Å². The van der Waals surface area contributed by atoms with Crippen LogP contribution in [0.25, 0.3) is 10.9 Å². The Kier molecular flexibility index (Phi) is 4.32. The Hall–Kier alpha value is -4.23. The van der Waals surface area contributed by atoms with Crippen LogP contribution in [0.15, 0.2) is 79.0 Å². The second-order valence-electron chi connectivity index (χ2n) is 9.98. The highest BCUT2D eigenvalue weighted by Gasteiger charge is 2.70. The smallest absolute Gasteiger partial charge is 0.250 e. The number of nitrogens with zero attached hydrogens (tertiary/aromatic N) is 1. The average Bonchev–Trinajstić information content (AvgIpc) is 3.59. The number of para-hydroxylation sites is 2. The van der Waals surface area contributed by atoms with Gasteiger partial charge in [-0.2, -0.15) is 0 Å². The van der Waals surface area contributed by atoms with Crippen LogP contribution in [0.2, 0.25) is 0 Å². The lowest BCUT2D eigenvalue weighted by molar-refractivity contribution is -0.130. The number of hydrogen-bond donors (Lipinski definition) is 3. The predicted molar refractivity (Wildman–Crippen MR) is 136 cm³/mol. The third kappa shape index (κ3) is 2.69. The Morgan fingerprint density at radius 1 is 0.917 bits per heavy atom. The highest BCUT2D eigenvalue weighted by molar-refractivity contribution is 6.25. The summed E-state index contributed by atoms with van der Waals surface area (Å²) in [5, 5.41) is 7.59. The first-order valence-electron chi connectivity index (χ1n) is 12.2. The first-order chi connectivity index (χ1) is 17.5. The van der Waals surface area contributed by atoms with Crippen LogP contribution in [0.5, 0.6) is 0 Å². The number of H-pyrrole nitrogens is 1. The molecule has 0 radical (unpaired) electrons. The highest BCUT2D eigenvalue weighted by atomic mass is 16.2. The number of amides is 3. The molecule has 2 saturated heterocycles. The van der Waals surface area contributed by atoms with Crippen LogP contribution in [-0.2, 0) is 26.3 Å². The summed E-state index contributed by atoms with van der Waals surface area (Å²) >= 11 is 0. The number of aromatic amines is 1. The highest BCUT2D eigenvalue weighted by Crippen LogP contribution is 2.54. The number of carbonyl (C=O) groups is 3. The third-order valence-corrected chi connectivity index (χ3v) is 8.00. The van der Waals surface area contributed by atoms with Crippen molar-refractivity contribution in [2.75, 3.05) is 10.2 Å². The van der Waals surface area contributed by atoms with E-state index in [0.717, 1.165) is 27.6 Å². The van der Waals surface area contributed by atoms with Gasteiger partial charge in [0.15, 0.2) is 0 Å². The van der Waals surface area contributed by atoms with E-state index in [-0.39, 0.29) is 17.7 Å². The fraction of sp³-hybridized carbons (Fsp3) is 0.207. The zero-order valence-electron chi connectivity index (χ0n) is 19.6. The number of rotatable bonds is 3. The van der Waals surface area contributed by atoms with E-state index in [1.165, 1.54) is 4.90 Å². The first kappa shape index (κ1) is 21.1. The molecule has 178 valence electrons. The molecule has 7 rings (SSSR count). The number of carbonyl (C=O) groups excluding carboxylic acids is 3. The number of anilines is 2. The van der Waals surface area contributed by atoms with Crippen LogP contribution in [0.4, 0.5) is 11.4 Å². The standard InChI is InChI=1S/C29H24N4O3/c1-16-11-12-22-20(13-16)29(28(36)31-22)25-24(26(34)33(27(25)35)18-7-3-2-4-8-18)23(32-29)14-17-15-30-21-10-6-5-9-19(17)21/h2-13,15,23-25,30,32H,14H2,1H3,(H,31,36)/t23-,24-,25+,29+/m1/s1. The van der Waals surface area contributed by atoms with Crippen molar-refractivity contribution in [2.45, 2.75) is 24.9 Å². The summed E-state index contributed by atoms with van der Waals surface area (Å²) in [6.07, 6.45) is 2.46. The Morgan fingerprint density at radius 3 is 2.53 bits per heavy atom. The van der Waals surface area contributed by atoms with E-state index in [9.17, 15) is 14.4 Å². The van der Waals surface area contributed by atoms with Crippen molar-refractivity contribution in [1.29, 1.82) is 0 Å². The van der Waals surface area contributed by atoms with Gasteiger partial charge in [-0.15, -0.1) is 0 Å². The molecule has 1 aromatic heterocycles. The van der Waals surface area contributed by atoms with E-state index in [1.54, 1.807) is 12.1 Å². The Labute approximate surface area is 207 Å². The Balaban J connectivity index is 1.39. The van der Waals surface area contributed by atoms with Crippen molar-refractivity contribution in [3.63, 3.8) is 0 Å². The summed E-state index contributed by atoms with van der Waals surface area (Å²) in [6.45, 7) is 1.96. The molecule has 3 N–H and O–H groups in total. The molecular weight excluding hydrogens is 452 g/mol. The molecule has 0 aliphatic carbocycles. The summed E-state index contributed by atoms with van der Waals surface area (Å²) in [5.41, 5.74) is 3.68. The summed E-state index contributed by atoms with van der Waals surface area (Å²) in [7, 11) is 0. The molecule has 7 nitrogen and oxygen atoms in total. The molecule has 7 heteroatoms. The number of nitrogens with one attached hydrogen (secondary N) is 3. The van der Waals surface area contributed by atoms with Crippen molar-refractivity contribution in [3.8, 4) is 0 Å². The summed E-state index contributed by atoms with van der Waals surface area (Å²) in [5.74, 6) is -2.41. The van der Waals surface area contributed by atoms with Crippen LogP contribution >= 0.6 is 0 Å². The minimum atomic E-state index is -1.31. The molecule has 4 heterocycles. The van der Waals surface area contributed by atoms with Gasteiger partial charge in [-0.1, -0.05) is 54.1 Å². The van der Waals surface area contributed by atoms with Gasteiger partial charge in [0.2, 0.25) is 17.7 Å². The van der Waals surface area contributed by atoms with Crippen molar-refractivity contribution in [2.24, 2.45) is 11.8 Å². The molecule has 36 heavy (non-hydrogen) atoms. The zero-order valence-corrected chi connectivity index (χ0v) is 19.6. The minimum Gasteiger partial charge on any atom is -0.361 e. The quantitative estimate of drug-likeness (QED) is 0.394. The molecule has 0 saturated carbocycles. The van der Waals surface area contributed by atoms with E-state index in [2.05, 4.69) is 15.6 Å². The van der Waals surface area contributed by atoms with Crippen LogP contribution < -0.4 is 15.5 Å². The van der Waals surface area contributed by atoms with Crippen LogP contribution in [0.1, 0.15) is 16.7 Å². The third-order valence-electron chi connectivity index (χ3n) is 8.00. The van der Waals surface area contributed by atoms with Crippen LogP contribution in [-0.4, -0.2) is 28.7 Å². The van der Waals surface area contributed by atoms with Crippen molar-refractivity contribution >= 4 is 40.0 Å². The van der Waals surface area contributed by atoms with Gasteiger partial charge < -0.3 is 10.3 Å². The lowest BCUT2D eigenvalue weighted by atomic mass is 9.76. The predicted octanol–water partition coefficient (Wildman–Crippen LogP) is 3.64. The fourth-order valence-corrected chi connectivity index (χ4v) is 6.46. The van der Waals surface area contributed by atoms with E-state index in [4.69, 9.17) is 0 Å². The zero-order chi connectivity index (χ0) is 24.6. The van der Waals surface area contributed by atoms with E-state index >= 15 is 0 Å². The number of imide groups is 1. The van der Waals surface area contributed by atoms with Crippen molar-refractivity contribution in [3.05, 3.63) is 95.7 Å². The minimum absolute atomic E-state index is 0.265. The van der Waals surface area contributed by atoms with Crippen molar-refractivity contribution in [1.82, 2.24) is 10.3 Å². The average molecular weight is 477 g/mol. The molecular formula is C29H24N4O3. The Morgan fingerprint density at radius 2 is 1.69 bits per heavy atom. The Bertz CT molecular complexity index is 1580. The molecule has 3 aromatic carbocycles.